The molecule has 0 unspecified atom stereocenters. The van der Waals surface area contributed by atoms with Crippen LogP contribution in [0.25, 0.3) is 0 Å². The molecule has 0 aliphatic carbocycles. The third-order valence-corrected chi connectivity index (χ3v) is 2.89. The minimum absolute atomic E-state index is 0.0607. The van der Waals surface area contributed by atoms with E-state index in [1.165, 1.54) is 0 Å². The van der Waals surface area contributed by atoms with Gasteiger partial charge in [0.15, 0.2) is 0 Å². The fraction of sp³-hybridized carbons (Fsp3) is 0.417. The molecule has 0 heterocycles. The second kappa shape index (κ2) is 6.61. The summed E-state index contributed by atoms with van der Waals surface area (Å²) in [4.78, 5) is 13.2. The van der Waals surface area contributed by atoms with Crippen LogP contribution in [-0.2, 0) is 11.3 Å². The summed E-state index contributed by atoms with van der Waals surface area (Å²) >= 11 is 3.41. The highest BCUT2D eigenvalue weighted by Crippen LogP contribution is 2.18. The summed E-state index contributed by atoms with van der Waals surface area (Å²) in [6.07, 6.45) is 0.510. The van der Waals surface area contributed by atoms with Gasteiger partial charge in [0, 0.05) is 36.7 Å². The summed E-state index contributed by atoms with van der Waals surface area (Å²) in [5.41, 5.74) is 7.65. The minimum Gasteiger partial charge on any atom is -0.399 e. The van der Waals surface area contributed by atoms with E-state index in [0.29, 0.717) is 6.42 Å². The molecule has 0 bridgehead atoms. The van der Waals surface area contributed by atoms with E-state index >= 15 is 0 Å². The summed E-state index contributed by atoms with van der Waals surface area (Å²) < 4.78 is 0.979. The van der Waals surface area contributed by atoms with Crippen LogP contribution in [0.5, 0.6) is 0 Å². The van der Waals surface area contributed by atoms with E-state index in [1.807, 2.05) is 25.2 Å². The topological polar surface area (TPSA) is 58.4 Å². The summed E-state index contributed by atoms with van der Waals surface area (Å²) in [6, 6.07) is 5.85. The number of halogens is 1. The standard InChI is InChI=1S/C12H18BrN3O/c1-15-12(17)3-4-16(2)8-9-5-10(13)7-11(14)6-9/h5-7H,3-4,8,14H2,1-2H3,(H,15,17). The van der Waals surface area contributed by atoms with Gasteiger partial charge in [-0.15, -0.1) is 0 Å². The smallest absolute Gasteiger partial charge is 0.221 e. The van der Waals surface area contributed by atoms with Gasteiger partial charge in [-0.2, -0.15) is 0 Å². The molecular formula is C12H18BrN3O. The van der Waals surface area contributed by atoms with Crippen LogP contribution in [0, 0.1) is 0 Å². The summed E-state index contributed by atoms with van der Waals surface area (Å²) in [7, 11) is 3.64. The lowest BCUT2D eigenvalue weighted by Gasteiger charge is -2.16. The van der Waals surface area contributed by atoms with E-state index in [4.69, 9.17) is 5.73 Å². The van der Waals surface area contributed by atoms with Gasteiger partial charge in [0.1, 0.15) is 0 Å². The SMILES string of the molecule is CNC(=O)CCN(C)Cc1cc(N)cc(Br)c1. The van der Waals surface area contributed by atoms with Crippen molar-refractivity contribution >= 4 is 27.5 Å². The van der Waals surface area contributed by atoms with Crippen LogP contribution in [-0.4, -0.2) is 31.4 Å². The van der Waals surface area contributed by atoms with Gasteiger partial charge in [-0.1, -0.05) is 15.9 Å². The first-order chi connectivity index (χ1) is 8.01. The van der Waals surface area contributed by atoms with Crippen molar-refractivity contribution in [2.24, 2.45) is 0 Å². The highest BCUT2D eigenvalue weighted by molar-refractivity contribution is 9.10. The molecule has 1 aromatic carbocycles. The third-order valence-electron chi connectivity index (χ3n) is 2.43. The first-order valence-corrected chi connectivity index (χ1v) is 6.24. The summed E-state index contributed by atoms with van der Waals surface area (Å²) in [6.45, 7) is 1.51. The van der Waals surface area contributed by atoms with Gasteiger partial charge < -0.3 is 16.0 Å². The van der Waals surface area contributed by atoms with Crippen LogP contribution in [0.1, 0.15) is 12.0 Å². The normalized spacial score (nSPS) is 10.6. The van der Waals surface area contributed by atoms with Crippen molar-refractivity contribution in [3.63, 3.8) is 0 Å². The maximum atomic E-state index is 11.1. The Bertz CT molecular complexity index is 375. The zero-order valence-corrected chi connectivity index (χ0v) is 11.8. The number of rotatable bonds is 5. The van der Waals surface area contributed by atoms with Crippen molar-refractivity contribution in [1.29, 1.82) is 0 Å². The van der Waals surface area contributed by atoms with Gasteiger partial charge in [-0.25, -0.2) is 0 Å². The number of benzene rings is 1. The average molecular weight is 300 g/mol. The van der Waals surface area contributed by atoms with Crippen LogP contribution in [0.4, 0.5) is 5.69 Å². The molecule has 17 heavy (non-hydrogen) atoms. The van der Waals surface area contributed by atoms with Crippen LogP contribution in [0.15, 0.2) is 22.7 Å². The number of carbonyl (C=O) groups excluding carboxylic acids is 1. The van der Waals surface area contributed by atoms with E-state index in [1.54, 1.807) is 7.05 Å². The van der Waals surface area contributed by atoms with Gasteiger partial charge in [0.05, 0.1) is 0 Å². The van der Waals surface area contributed by atoms with Crippen molar-refractivity contribution < 1.29 is 4.79 Å². The van der Waals surface area contributed by atoms with Gasteiger partial charge in [-0.05, 0) is 30.8 Å². The zero-order chi connectivity index (χ0) is 12.8. The van der Waals surface area contributed by atoms with Crippen molar-refractivity contribution in [1.82, 2.24) is 10.2 Å². The quantitative estimate of drug-likeness (QED) is 0.812. The monoisotopic (exact) mass is 299 g/mol. The van der Waals surface area contributed by atoms with Gasteiger partial charge in [0.2, 0.25) is 5.91 Å². The summed E-state index contributed by atoms with van der Waals surface area (Å²) in [5.74, 6) is 0.0607. The van der Waals surface area contributed by atoms with Crippen molar-refractivity contribution in [3.8, 4) is 0 Å². The average Bonchev–Trinajstić information content (AvgIpc) is 2.24. The predicted molar refractivity (Wildman–Crippen MR) is 73.6 cm³/mol. The first kappa shape index (κ1) is 14.0. The van der Waals surface area contributed by atoms with Crippen molar-refractivity contribution in [2.75, 3.05) is 26.4 Å². The molecule has 0 spiro atoms. The maximum absolute atomic E-state index is 11.1. The Morgan fingerprint density at radius 2 is 2.18 bits per heavy atom. The Balaban J connectivity index is 2.50. The number of nitrogen functional groups attached to an aromatic ring is 1. The Morgan fingerprint density at radius 3 is 2.76 bits per heavy atom. The second-order valence-electron chi connectivity index (χ2n) is 4.05. The van der Waals surface area contributed by atoms with Crippen molar-refractivity contribution in [2.45, 2.75) is 13.0 Å². The largest absolute Gasteiger partial charge is 0.399 e. The minimum atomic E-state index is 0.0607. The van der Waals surface area contributed by atoms with E-state index in [9.17, 15) is 4.79 Å². The lowest BCUT2D eigenvalue weighted by molar-refractivity contribution is -0.120. The molecule has 0 aliphatic heterocycles. The number of hydrogen-bond donors (Lipinski definition) is 2. The van der Waals surface area contributed by atoms with E-state index in [2.05, 4.69) is 26.1 Å². The van der Waals surface area contributed by atoms with Crippen LogP contribution < -0.4 is 11.1 Å². The van der Waals surface area contributed by atoms with E-state index in [-0.39, 0.29) is 5.91 Å². The lowest BCUT2D eigenvalue weighted by atomic mass is 10.2. The van der Waals surface area contributed by atoms with E-state index < -0.39 is 0 Å². The second-order valence-corrected chi connectivity index (χ2v) is 4.97. The number of carbonyl (C=O) groups is 1. The molecule has 3 N–H and O–H groups in total. The molecule has 5 heteroatoms. The highest BCUT2D eigenvalue weighted by atomic mass is 79.9. The molecule has 0 saturated heterocycles. The fourth-order valence-electron chi connectivity index (χ4n) is 1.57. The molecule has 1 amide bonds. The molecule has 0 radical (unpaired) electrons. The van der Waals surface area contributed by atoms with Gasteiger partial charge in [-0.3, -0.25) is 4.79 Å². The zero-order valence-electron chi connectivity index (χ0n) is 10.2. The highest BCUT2D eigenvalue weighted by Gasteiger charge is 2.05. The molecule has 0 aromatic heterocycles. The van der Waals surface area contributed by atoms with Gasteiger partial charge >= 0.3 is 0 Å². The molecule has 0 fully saturated rings. The lowest BCUT2D eigenvalue weighted by Crippen LogP contribution is -2.26. The van der Waals surface area contributed by atoms with Crippen LogP contribution in [0.2, 0.25) is 0 Å². The maximum Gasteiger partial charge on any atom is 0.221 e. The Morgan fingerprint density at radius 1 is 1.47 bits per heavy atom. The Kier molecular flexibility index (Phi) is 5.44. The van der Waals surface area contributed by atoms with Crippen LogP contribution >= 0.6 is 15.9 Å². The molecule has 0 atom stereocenters. The van der Waals surface area contributed by atoms with Crippen molar-refractivity contribution in [3.05, 3.63) is 28.2 Å². The summed E-state index contributed by atoms with van der Waals surface area (Å²) in [5, 5.41) is 2.61. The molecule has 1 aromatic rings. The number of nitrogens with one attached hydrogen (secondary N) is 1. The number of nitrogens with zero attached hydrogens (tertiary/aromatic N) is 1. The predicted octanol–water partition coefficient (Wildman–Crippen LogP) is 1.60. The molecule has 1 rings (SSSR count). The number of hydrogen-bond acceptors (Lipinski definition) is 3. The van der Waals surface area contributed by atoms with Crippen LogP contribution in [0.3, 0.4) is 0 Å². The molecular weight excluding hydrogens is 282 g/mol. The molecule has 4 nitrogen and oxygen atoms in total. The number of amides is 1. The Hall–Kier alpha value is -1.07. The molecule has 0 aliphatic rings. The third kappa shape index (κ3) is 5.19. The number of nitrogens with two attached hydrogens (primary N) is 1. The fourth-order valence-corrected chi connectivity index (χ4v) is 2.13. The Labute approximate surface area is 110 Å². The molecule has 94 valence electrons. The first-order valence-electron chi connectivity index (χ1n) is 5.45. The molecule has 0 saturated carbocycles. The van der Waals surface area contributed by atoms with Gasteiger partial charge in [0.25, 0.3) is 0 Å². The van der Waals surface area contributed by atoms with E-state index in [0.717, 1.165) is 28.8 Å². The number of anilines is 1.